The molecule has 1 aromatic heterocycles. The predicted octanol–water partition coefficient (Wildman–Crippen LogP) is 3.89. The molecular weight excluding hydrogens is 304 g/mol. The third-order valence-electron chi connectivity index (χ3n) is 3.98. The van der Waals surface area contributed by atoms with Gasteiger partial charge in [0.05, 0.1) is 12.6 Å². The highest BCUT2D eigenvalue weighted by molar-refractivity contribution is 6.08. The minimum Gasteiger partial charge on any atom is -0.497 e. The van der Waals surface area contributed by atoms with Crippen LogP contribution in [0.2, 0.25) is 0 Å². The Labute approximate surface area is 143 Å². The minimum atomic E-state index is -0.542. The molecule has 0 radical (unpaired) electrons. The van der Waals surface area contributed by atoms with Crippen molar-refractivity contribution in [3.8, 4) is 5.75 Å². The summed E-state index contributed by atoms with van der Waals surface area (Å²) in [5.41, 5.74) is 0.132. The molecule has 1 heterocycles. The zero-order valence-corrected chi connectivity index (χ0v) is 15.6. The van der Waals surface area contributed by atoms with Crippen molar-refractivity contribution in [2.24, 2.45) is 10.8 Å². The number of hydrogen-bond acceptors (Lipinski definition) is 4. The zero-order chi connectivity index (χ0) is 18.3. The fraction of sp³-hybridized carbons (Fsp3) is 0.526. The van der Waals surface area contributed by atoms with Gasteiger partial charge in [-0.2, -0.15) is 5.10 Å². The summed E-state index contributed by atoms with van der Waals surface area (Å²) >= 11 is 0. The summed E-state index contributed by atoms with van der Waals surface area (Å²) in [5, 5.41) is 5.22. The van der Waals surface area contributed by atoms with Crippen LogP contribution in [0.1, 0.15) is 52.0 Å². The lowest BCUT2D eigenvalue weighted by atomic mass is 9.88. The molecule has 2 rings (SSSR count). The van der Waals surface area contributed by atoms with Crippen molar-refractivity contribution in [3.05, 3.63) is 23.9 Å². The van der Waals surface area contributed by atoms with Crippen LogP contribution in [0.4, 0.5) is 0 Å². The highest BCUT2D eigenvalue weighted by Gasteiger charge is 2.29. The van der Waals surface area contributed by atoms with Crippen molar-refractivity contribution in [2.75, 3.05) is 7.11 Å². The molecule has 130 valence electrons. The first-order chi connectivity index (χ1) is 10.9. The lowest BCUT2D eigenvalue weighted by Crippen LogP contribution is -2.26. The fourth-order valence-corrected chi connectivity index (χ4v) is 2.30. The second-order valence-electron chi connectivity index (χ2n) is 8.14. The van der Waals surface area contributed by atoms with E-state index in [4.69, 9.17) is 4.74 Å². The van der Waals surface area contributed by atoms with Gasteiger partial charge in [0.25, 0.3) is 0 Å². The molecule has 0 amide bonds. The zero-order valence-electron chi connectivity index (χ0n) is 15.6. The molecule has 0 atom stereocenters. The number of carbonyl (C=O) groups excluding carboxylic acids is 2. The fourth-order valence-electron chi connectivity index (χ4n) is 2.30. The third-order valence-corrected chi connectivity index (χ3v) is 3.98. The van der Waals surface area contributed by atoms with E-state index < -0.39 is 10.8 Å². The van der Waals surface area contributed by atoms with Gasteiger partial charge < -0.3 is 4.74 Å². The number of aromatic nitrogens is 2. The molecule has 0 spiro atoms. The van der Waals surface area contributed by atoms with Gasteiger partial charge in [-0.25, -0.2) is 0 Å². The average molecular weight is 330 g/mol. The second kappa shape index (κ2) is 6.04. The van der Waals surface area contributed by atoms with Crippen molar-refractivity contribution in [3.63, 3.8) is 0 Å². The largest absolute Gasteiger partial charge is 0.497 e. The van der Waals surface area contributed by atoms with Crippen LogP contribution in [0.15, 0.2) is 18.2 Å². The monoisotopic (exact) mass is 330 g/mol. The Balaban J connectivity index is 2.62. The van der Waals surface area contributed by atoms with E-state index in [0.717, 1.165) is 10.9 Å². The number of fused-ring (bicyclic) bond motifs is 1. The number of benzene rings is 1. The molecule has 0 aliphatic carbocycles. The van der Waals surface area contributed by atoms with Crippen LogP contribution >= 0.6 is 0 Å². The predicted molar refractivity (Wildman–Crippen MR) is 94.5 cm³/mol. The number of nitrogens with zero attached hydrogens (tertiary/aromatic N) is 2. The van der Waals surface area contributed by atoms with E-state index in [0.29, 0.717) is 11.4 Å². The standard InChI is InChI=1S/C19H26N2O3/c1-18(2,3)15(22)11-21-14-10-12(24-7)8-9-13(14)16(20-21)17(23)19(4,5)6/h8-10H,11H2,1-7H3. The number of ether oxygens (including phenoxy) is 1. The first-order valence-electron chi connectivity index (χ1n) is 8.08. The van der Waals surface area contributed by atoms with Crippen LogP contribution in [0.5, 0.6) is 5.75 Å². The Kier molecular flexibility index (Phi) is 4.57. The molecule has 0 aliphatic heterocycles. The van der Waals surface area contributed by atoms with Gasteiger partial charge in [-0.05, 0) is 12.1 Å². The number of rotatable bonds is 4. The molecule has 2 aromatic rings. The van der Waals surface area contributed by atoms with Crippen LogP contribution in [0, 0.1) is 10.8 Å². The average Bonchev–Trinajstić information content (AvgIpc) is 2.82. The summed E-state index contributed by atoms with van der Waals surface area (Å²) in [6.45, 7) is 11.4. The first-order valence-corrected chi connectivity index (χ1v) is 8.08. The third kappa shape index (κ3) is 3.50. The number of Topliss-reactive ketones (excluding diaryl/α,β-unsaturated/α-hetero) is 2. The molecule has 5 nitrogen and oxygen atoms in total. The van der Waals surface area contributed by atoms with E-state index in [1.54, 1.807) is 17.9 Å². The molecule has 5 heteroatoms. The van der Waals surface area contributed by atoms with Gasteiger partial charge in [0.2, 0.25) is 0 Å². The highest BCUT2D eigenvalue weighted by Crippen LogP contribution is 2.29. The summed E-state index contributed by atoms with van der Waals surface area (Å²) in [7, 11) is 1.59. The van der Waals surface area contributed by atoms with Crippen LogP contribution < -0.4 is 4.74 Å². The number of methoxy groups -OCH3 is 1. The van der Waals surface area contributed by atoms with Gasteiger partial charge in [0.15, 0.2) is 11.6 Å². The van der Waals surface area contributed by atoms with Gasteiger partial charge >= 0.3 is 0 Å². The molecule has 0 unspecified atom stereocenters. The van der Waals surface area contributed by atoms with Crippen molar-refractivity contribution < 1.29 is 14.3 Å². The Hall–Kier alpha value is -2.17. The highest BCUT2D eigenvalue weighted by atomic mass is 16.5. The van der Waals surface area contributed by atoms with Crippen molar-refractivity contribution >= 4 is 22.5 Å². The molecule has 0 aliphatic rings. The molecule has 0 saturated carbocycles. The van der Waals surface area contributed by atoms with Gasteiger partial charge in [0.1, 0.15) is 18.0 Å². The summed E-state index contributed by atoms with van der Waals surface area (Å²) in [6.07, 6.45) is 0. The van der Waals surface area contributed by atoms with Crippen LogP contribution in [-0.2, 0) is 11.3 Å². The maximum absolute atomic E-state index is 12.7. The van der Waals surface area contributed by atoms with Gasteiger partial charge in [-0.1, -0.05) is 41.5 Å². The maximum Gasteiger partial charge on any atom is 0.188 e. The van der Waals surface area contributed by atoms with E-state index in [1.165, 1.54) is 0 Å². The Morgan fingerprint density at radius 2 is 1.71 bits per heavy atom. The molecule has 1 aromatic carbocycles. The van der Waals surface area contributed by atoms with Gasteiger partial charge in [0, 0.05) is 22.3 Å². The van der Waals surface area contributed by atoms with E-state index in [-0.39, 0.29) is 18.1 Å². The quantitative estimate of drug-likeness (QED) is 0.798. The van der Waals surface area contributed by atoms with E-state index >= 15 is 0 Å². The molecule has 24 heavy (non-hydrogen) atoms. The summed E-state index contributed by atoms with van der Waals surface area (Å²) < 4.78 is 6.89. The van der Waals surface area contributed by atoms with Crippen LogP contribution in [0.3, 0.4) is 0 Å². The number of hydrogen-bond donors (Lipinski definition) is 0. The molecule has 0 fully saturated rings. The van der Waals surface area contributed by atoms with E-state index in [2.05, 4.69) is 5.10 Å². The van der Waals surface area contributed by atoms with E-state index in [1.807, 2.05) is 53.7 Å². The molecular formula is C19H26N2O3. The normalized spacial score (nSPS) is 12.5. The van der Waals surface area contributed by atoms with Crippen LogP contribution in [0.25, 0.3) is 10.9 Å². The van der Waals surface area contributed by atoms with Crippen LogP contribution in [-0.4, -0.2) is 28.5 Å². The Morgan fingerprint density at radius 1 is 1.08 bits per heavy atom. The maximum atomic E-state index is 12.7. The number of ketones is 2. The lowest BCUT2D eigenvalue weighted by Gasteiger charge is -2.17. The summed E-state index contributed by atoms with van der Waals surface area (Å²) in [6, 6.07) is 5.45. The Bertz CT molecular complexity index is 789. The number of carbonyl (C=O) groups is 2. The minimum absolute atomic E-state index is 0.0420. The first kappa shape index (κ1) is 18.2. The SMILES string of the molecule is COc1ccc2c(C(=O)C(C)(C)C)nn(CC(=O)C(C)(C)C)c2c1. The Morgan fingerprint density at radius 3 is 2.21 bits per heavy atom. The van der Waals surface area contributed by atoms with Gasteiger partial charge in [-0.3, -0.25) is 14.3 Å². The lowest BCUT2D eigenvalue weighted by molar-refractivity contribution is -0.127. The topological polar surface area (TPSA) is 61.2 Å². The van der Waals surface area contributed by atoms with Crippen molar-refractivity contribution in [1.82, 2.24) is 9.78 Å². The molecule has 0 bridgehead atoms. The van der Waals surface area contributed by atoms with Gasteiger partial charge in [-0.15, -0.1) is 0 Å². The second-order valence-corrected chi connectivity index (χ2v) is 8.14. The smallest absolute Gasteiger partial charge is 0.188 e. The summed E-state index contributed by atoms with van der Waals surface area (Å²) in [5.74, 6) is 0.686. The molecule has 0 N–H and O–H groups in total. The molecule has 0 saturated heterocycles. The van der Waals surface area contributed by atoms with E-state index in [9.17, 15) is 9.59 Å². The van der Waals surface area contributed by atoms with Crippen molar-refractivity contribution in [1.29, 1.82) is 0 Å². The van der Waals surface area contributed by atoms with Crippen molar-refractivity contribution in [2.45, 2.75) is 48.1 Å². The summed E-state index contributed by atoms with van der Waals surface area (Å²) in [4.78, 5) is 25.2.